The molecule has 1 aromatic carbocycles. The molecule has 0 atom stereocenters. The molecule has 1 aromatic rings. The minimum absolute atomic E-state index is 0.0211. The van der Waals surface area contributed by atoms with Crippen molar-refractivity contribution in [2.24, 2.45) is 0 Å². The van der Waals surface area contributed by atoms with E-state index in [1.807, 2.05) is 32.2 Å². The number of hydrogen-bond acceptors (Lipinski definition) is 3. The van der Waals surface area contributed by atoms with Crippen molar-refractivity contribution in [2.75, 3.05) is 39.7 Å². The normalized spacial score (nSPS) is 10.1. The molecule has 0 aliphatic heterocycles. The second kappa shape index (κ2) is 6.25. The van der Waals surface area contributed by atoms with E-state index < -0.39 is 0 Å². The summed E-state index contributed by atoms with van der Waals surface area (Å²) in [5, 5.41) is 3.08. The first-order chi connectivity index (χ1) is 8.10. The van der Waals surface area contributed by atoms with Gasteiger partial charge in [-0.15, -0.1) is 0 Å². The summed E-state index contributed by atoms with van der Waals surface area (Å²) in [5.74, 6) is 0.0211. The number of anilines is 1. The van der Waals surface area contributed by atoms with E-state index in [-0.39, 0.29) is 5.91 Å². The van der Waals surface area contributed by atoms with Crippen molar-refractivity contribution >= 4 is 11.6 Å². The summed E-state index contributed by atoms with van der Waals surface area (Å²) >= 11 is 0. The highest BCUT2D eigenvalue weighted by molar-refractivity contribution is 5.94. The SMILES string of the molecule is CNc1ccc(C(=O)N(C)CCOC)cc1C. The van der Waals surface area contributed by atoms with Crippen LogP contribution in [0.1, 0.15) is 15.9 Å². The maximum absolute atomic E-state index is 12.1. The van der Waals surface area contributed by atoms with Crippen LogP contribution in [0.5, 0.6) is 0 Å². The molecule has 1 N–H and O–H groups in total. The van der Waals surface area contributed by atoms with Crippen molar-refractivity contribution in [3.05, 3.63) is 29.3 Å². The second-order valence-corrected chi connectivity index (χ2v) is 4.00. The number of likely N-dealkylation sites (N-methyl/N-ethyl adjacent to an activating group) is 1. The van der Waals surface area contributed by atoms with Gasteiger partial charge in [0.1, 0.15) is 0 Å². The minimum Gasteiger partial charge on any atom is -0.388 e. The Hall–Kier alpha value is -1.55. The third kappa shape index (κ3) is 3.46. The van der Waals surface area contributed by atoms with Gasteiger partial charge in [0.05, 0.1) is 6.61 Å². The Bertz CT molecular complexity index is 391. The Morgan fingerprint density at radius 3 is 2.71 bits per heavy atom. The zero-order valence-electron chi connectivity index (χ0n) is 10.9. The van der Waals surface area contributed by atoms with Gasteiger partial charge in [0.2, 0.25) is 0 Å². The van der Waals surface area contributed by atoms with Gasteiger partial charge in [-0.05, 0) is 30.7 Å². The Balaban J connectivity index is 2.78. The number of benzene rings is 1. The third-order valence-corrected chi connectivity index (χ3v) is 2.72. The van der Waals surface area contributed by atoms with E-state index >= 15 is 0 Å². The second-order valence-electron chi connectivity index (χ2n) is 4.00. The summed E-state index contributed by atoms with van der Waals surface area (Å²) < 4.78 is 4.95. The third-order valence-electron chi connectivity index (χ3n) is 2.72. The van der Waals surface area contributed by atoms with Crippen molar-refractivity contribution in [1.29, 1.82) is 0 Å². The molecule has 0 unspecified atom stereocenters. The molecule has 0 spiro atoms. The Kier molecular flexibility index (Phi) is 4.97. The quantitative estimate of drug-likeness (QED) is 0.847. The maximum atomic E-state index is 12.1. The number of aryl methyl sites for hydroxylation is 1. The summed E-state index contributed by atoms with van der Waals surface area (Å²) in [7, 11) is 5.28. The molecule has 4 nitrogen and oxygen atoms in total. The fourth-order valence-corrected chi connectivity index (χ4v) is 1.63. The van der Waals surface area contributed by atoms with Crippen LogP contribution in [0.3, 0.4) is 0 Å². The number of methoxy groups -OCH3 is 1. The van der Waals surface area contributed by atoms with E-state index in [1.54, 1.807) is 19.1 Å². The van der Waals surface area contributed by atoms with Crippen molar-refractivity contribution in [2.45, 2.75) is 6.92 Å². The number of rotatable bonds is 5. The monoisotopic (exact) mass is 236 g/mol. The number of nitrogens with one attached hydrogen (secondary N) is 1. The van der Waals surface area contributed by atoms with Gasteiger partial charge in [-0.2, -0.15) is 0 Å². The molecule has 17 heavy (non-hydrogen) atoms. The molecule has 0 heterocycles. The van der Waals surface area contributed by atoms with Crippen molar-refractivity contribution in [3.63, 3.8) is 0 Å². The lowest BCUT2D eigenvalue weighted by Crippen LogP contribution is -2.29. The summed E-state index contributed by atoms with van der Waals surface area (Å²) in [5.41, 5.74) is 2.82. The Morgan fingerprint density at radius 1 is 1.47 bits per heavy atom. The summed E-state index contributed by atoms with van der Waals surface area (Å²) in [6.45, 7) is 3.13. The van der Waals surface area contributed by atoms with E-state index in [0.717, 1.165) is 11.3 Å². The van der Waals surface area contributed by atoms with Crippen LogP contribution >= 0.6 is 0 Å². The average Bonchev–Trinajstić information content (AvgIpc) is 2.34. The first-order valence-electron chi connectivity index (χ1n) is 5.63. The number of nitrogens with zero attached hydrogens (tertiary/aromatic N) is 1. The molecule has 1 amide bonds. The smallest absolute Gasteiger partial charge is 0.253 e. The molecular formula is C13H20N2O2. The van der Waals surface area contributed by atoms with Crippen LogP contribution in [0, 0.1) is 6.92 Å². The van der Waals surface area contributed by atoms with Gasteiger partial charge in [0, 0.05) is 39.0 Å². The molecule has 0 fully saturated rings. The lowest BCUT2D eigenvalue weighted by Gasteiger charge is -2.17. The van der Waals surface area contributed by atoms with Gasteiger partial charge >= 0.3 is 0 Å². The fraction of sp³-hybridized carbons (Fsp3) is 0.462. The first kappa shape index (κ1) is 13.5. The number of carbonyl (C=O) groups is 1. The molecule has 0 saturated heterocycles. The van der Waals surface area contributed by atoms with Gasteiger partial charge in [-0.1, -0.05) is 0 Å². The largest absolute Gasteiger partial charge is 0.388 e. The Morgan fingerprint density at radius 2 is 2.18 bits per heavy atom. The standard InChI is InChI=1S/C13H20N2O2/c1-10-9-11(5-6-12(10)14-2)13(16)15(3)7-8-17-4/h5-6,9,14H,7-8H2,1-4H3. The minimum atomic E-state index is 0.0211. The predicted molar refractivity (Wildman–Crippen MR) is 69.6 cm³/mol. The summed E-state index contributed by atoms with van der Waals surface area (Å²) in [6.07, 6.45) is 0. The van der Waals surface area contributed by atoms with Crippen molar-refractivity contribution in [1.82, 2.24) is 4.90 Å². The fourth-order valence-electron chi connectivity index (χ4n) is 1.63. The van der Waals surface area contributed by atoms with E-state index in [9.17, 15) is 4.79 Å². The van der Waals surface area contributed by atoms with Gasteiger partial charge in [0.15, 0.2) is 0 Å². The van der Waals surface area contributed by atoms with Gasteiger partial charge in [-0.3, -0.25) is 4.79 Å². The van der Waals surface area contributed by atoms with Crippen molar-refractivity contribution in [3.8, 4) is 0 Å². The summed E-state index contributed by atoms with van der Waals surface area (Å²) in [6, 6.07) is 5.66. The molecular weight excluding hydrogens is 216 g/mol. The number of hydrogen-bond donors (Lipinski definition) is 1. The zero-order chi connectivity index (χ0) is 12.8. The topological polar surface area (TPSA) is 41.6 Å². The first-order valence-corrected chi connectivity index (χ1v) is 5.63. The lowest BCUT2D eigenvalue weighted by molar-refractivity contribution is 0.0744. The molecule has 0 aliphatic carbocycles. The van der Waals surface area contributed by atoms with Crippen LogP contribution in [-0.4, -0.2) is 45.2 Å². The van der Waals surface area contributed by atoms with Crippen LogP contribution in [0.2, 0.25) is 0 Å². The summed E-state index contributed by atoms with van der Waals surface area (Å²) in [4.78, 5) is 13.7. The zero-order valence-corrected chi connectivity index (χ0v) is 10.9. The highest BCUT2D eigenvalue weighted by atomic mass is 16.5. The highest BCUT2D eigenvalue weighted by Gasteiger charge is 2.12. The molecule has 0 bridgehead atoms. The van der Waals surface area contributed by atoms with Gasteiger partial charge in [0.25, 0.3) is 5.91 Å². The van der Waals surface area contributed by atoms with E-state index in [2.05, 4.69) is 5.32 Å². The van der Waals surface area contributed by atoms with Crippen LogP contribution in [0.4, 0.5) is 5.69 Å². The van der Waals surface area contributed by atoms with E-state index in [4.69, 9.17) is 4.74 Å². The molecule has 1 rings (SSSR count). The molecule has 0 aliphatic rings. The predicted octanol–water partition coefficient (Wildman–Crippen LogP) is 1.76. The van der Waals surface area contributed by atoms with E-state index in [0.29, 0.717) is 18.7 Å². The van der Waals surface area contributed by atoms with Crippen LogP contribution < -0.4 is 5.32 Å². The number of carbonyl (C=O) groups excluding carboxylic acids is 1. The Labute approximate surface area is 103 Å². The molecule has 0 radical (unpaired) electrons. The molecule has 0 saturated carbocycles. The van der Waals surface area contributed by atoms with Crippen molar-refractivity contribution < 1.29 is 9.53 Å². The molecule has 94 valence electrons. The maximum Gasteiger partial charge on any atom is 0.253 e. The number of ether oxygens (including phenoxy) is 1. The lowest BCUT2D eigenvalue weighted by atomic mass is 10.1. The van der Waals surface area contributed by atoms with Crippen LogP contribution in [0.25, 0.3) is 0 Å². The highest BCUT2D eigenvalue weighted by Crippen LogP contribution is 2.16. The number of amides is 1. The molecule has 0 aromatic heterocycles. The van der Waals surface area contributed by atoms with E-state index in [1.165, 1.54) is 0 Å². The van der Waals surface area contributed by atoms with Gasteiger partial charge < -0.3 is 15.0 Å². The molecule has 4 heteroatoms. The van der Waals surface area contributed by atoms with Crippen LogP contribution in [-0.2, 0) is 4.74 Å². The van der Waals surface area contributed by atoms with Crippen LogP contribution in [0.15, 0.2) is 18.2 Å². The average molecular weight is 236 g/mol. The van der Waals surface area contributed by atoms with Gasteiger partial charge in [-0.25, -0.2) is 0 Å².